The number of rotatable bonds is 3. The van der Waals surface area contributed by atoms with Gasteiger partial charge in [-0.2, -0.15) is 0 Å². The van der Waals surface area contributed by atoms with Crippen LogP contribution in [0, 0.1) is 0 Å². The van der Waals surface area contributed by atoms with E-state index in [1.807, 2.05) is 30.0 Å². The third-order valence-corrected chi connectivity index (χ3v) is 4.62. The van der Waals surface area contributed by atoms with E-state index in [0.29, 0.717) is 17.3 Å². The van der Waals surface area contributed by atoms with Crippen molar-refractivity contribution in [2.45, 2.75) is 45.1 Å². The molecule has 1 aromatic heterocycles. The predicted octanol–water partition coefficient (Wildman–Crippen LogP) is 2.75. The van der Waals surface area contributed by atoms with Gasteiger partial charge in [-0.25, -0.2) is 4.98 Å². The molecule has 2 aromatic rings. The molecule has 1 amide bonds. The van der Waals surface area contributed by atoms with Gasteiger partial charge in [0.2, 0.25) is 5.91 Å². The molecule has 1 aliphatic heterocycles. The van der Waals surface area contributed by atoms with Gasteiger partial charge in [0, 0.05) is 13.1 Å². The molecule has 1 atom stereocenters. The van der Waals surface area contributed by atoms with Crippen molar-refractivity contribution in [2.75, 3.05) is 13.1 Å². The summed E-state index contributed by atoms with van der Waals surface area (Å²) < 4.78 is 1.51. The molecule has 0 radical (unpaired) electrons. The first-order chi connectivity index (χ1) is 11.2. The van der Waals surface area contributed by atoms with Gasteiger partial charge < -0.3 is 4.90 Å². The first kappa shape index (κ1) is 15.7. The van der Waals surface area contributed by atoms with E-state index in [1.165, 1.54) is 23.7 Å². The Kier molecular flexibility index (Phi) is 4.74. The summed E-state index contributed by atoms with van der Waals surface area (Å²) in [4.78, 5) is 31.9. The van der Waals surface area contributed by atoms with Crippen LogP contribution in [0.25, 0.3) is 10.9 Å². The Labute approximate surface area is 135 Å². The van der Waals surface area contributed by atoms with Crippen molar-refractivity contribution in [1.82, 2.24) is 14.5 Å². The number of likely N-dealkylation sites (tertiary alicyclic amines) is 1. The standard InChI is InChI=1S/C18H23N3O2/c1-2-16(18(23)20-11-7-3-4-8-12-20)21-13-19-15-10-6-5-9-14(15)17(21)22/h5-6,9-10,13,16H,2-4,7-8,11-12H2,1H3/t16-/m1/s1. The van der Waals surface area contributed by atoms with Gasteiger partial charge >= 0.3 is 0 Å². The van der Waals surface area contributed by atoms with Crippen LogP contribution in [0.4, 0.5) is 0 Å². The largest absolute Gasteiger partial charge is 0.341 e. The number of para-hydroxylation sites is 1. The molecule has 1 aromatic carbocycles. The Morgan fingerprint density at radius 1 is 1.17 bits per heavy atom. The molecule has 0 bridgehead atoms. The molecule has 5 nitrogen and oxygen atoms in total. The molecular formula is C18H23N3O2. The second-order valence-corrected chi connectivity index (χ2v) is 6.14. The van der Waals surface area contributed by atoms with Gasteiger partial charge in [0.1, 0.15) is 6.04 Å². The van der Waals surface area contributed by atoms with Crippen LogP contribution in [-0.4, -0.2) is 33.4 Å². The number of benzene rings is 1. The van der Waals surface area contributed by atoms with Crippen LogP contribution in [-0.2, 0) is 4.79 Å². The summed E-state index contributed by atoms with van der Waals surface area (Å²) in [6, 6.07) is 6.81. The predicted molar refractivity (Wildman–Crippen MR) is 90.4 cm³/mol. The third-order valence-electron chi connectivity index (χ3n) is 4.62. The molecule has 0 saturated carbocycles. The third kappa shape index (κ3) is 3.14. The van der Waals surface area contributed by atoms with Gasteiger partial charge in [-0.05, 0) is 31.4 Å². The van der Waals surface area contributed by atoms with Crippen LogP contribution >= 0.6 is 0 Å². The number of fused-ring (bicyclic) bond motifs is 1. The SMILES string of the molecule is CC[C@H](C(=O)N1CCCCCC1)n1cnc2ccccc2c1=O. The summed E-state index contributed by atoms with van der Waals surface area (Å²) in [7, 11) is 0. The fraction of sp³-hybridized carbons (Fsp3) is 0.500. The van der Waals surface area contributed by atoms with Gasteiger partial charge in [0.15, 0.2) is 0 Å². The topological polar surface area (TPSA) is 55.2 Å². The van der Waals surface area contributed by atoms with Crippen LogP contribution in [0.2, 0.25) is 0 Å². The van der Waals surface area contributed by atoms with Crippen LogP contribution in [0.5, 0.6) is 0 Å². The summed E-state index contributed by atoms with van der Waals surface area (Å²) in [6.45, 7) is 3.54. The molecule has 5 heteroatoms. The Morgan fingerprint density at radius 3 is 2.57 bits per heavy atom. The minimum atomic E-state index is -0.460. The van der Waals surface area contributed by atoms with Gasteiger partial charge in [0.25, 0.3) is 5.56 Å². The second-order valence-electron chi connectivity index (χ2n) is 6.14. The van der Waals surface area contributed by atoms with Gasteiger partial charge in [-0.3, -0.25) is 14.2 Å². The number of nitrogens with zero attached hydrogens (tertiary/aromatic N) is 3. The Bertz CT molecular complexity index is 745. The van der Waals surface area contributed by atoms with Crippen LogP contribution in [0.15, 0.2) is 35.4 Å². The average molecular weight is 313 g/mol. The van der Waals surface area contributed by atoms with E-state index in [1.54, 1.807) is 6.07 Å². The summed E-state index contributed by atoms with van der Waals surface area (Å²) in [5.74, 6) is 0.0496. The first-order valence-corrected chi connectivity index (χ1v) is 8.47. The van der Waals surface area contributed by atoms with Crippen molar-refractivity contribution >= 4 is 16.8 Å². The fourth-order valence-corrected chi connectivity index (χ4v) is 3.30. The van der Waals surface area contributed by atoms with Crippen molar-refractivity contribution < 1.29 is 4.79 Å². The monoisotopic (exact) mass is 313 g/mol. The lowest BCUT2D eigenvalue weighted by Crippen LogP contribution is -2.40. The molecular weight excluding hydrogens is 290 g/mol. The van der Waals surface area contributed by atoms with Crippen LogP contribution in [0.3, 0.4) is 0 Å². The van der Waals surface area contributed by atoms with Crippen molar-refractivity contribution in [3.8, 4) is 0 Å². The molecule has 23 heavy (non-hydrogen) atoms. The maximum Gasteiger partial charge on any atom is 0.261 e. The van der Waals surface area contributed by atoms with Crippen LogP contribution in [0.1, 0.15) is 45.1 Å². The normalized spacial score (nSPS) is 17.0. The van der Waals surface area contributed by atoms with E-state index in [4.69, 9.17) is 0 Å². The maximum atomic E-state index is 12.9. The molecule has 0 aliphatic carbocycles. The zero-order valence-corrected chi connectivity index (χ0v) is 13.6. The van der Waals surface area contributed by atoms with Crippen molar-refractivity contribution in [2.24, 2.45) is 0 Å². The summed E-state index contributed by atoms with van der Waals surface area (Å²) >= 11 is 0. The lowest BCUT2D eigenvalue weighted by atomic mass is 10.1. The average Bonchev–Trinajstić information content (AvgIpc) is 2.87. The fourth-order valence-electron chi connectivity index (χ4n) is 3.30. The Balaban J connectivity index is 1.95. The van der Waals surface area contributed by atoms with Crippen molar-refractivity contribution in [3.63, 3.8) is 0 Å². The number of amides is 1. The maximum absolute atomic E-state index is 12.9. The van der Waals surface area contributed by atoms with E-state index in [-0.39, 0.29) is 11.5 Å². The quantitative estimate of drug-likeness (QED) is 0.875. The van der Waals surface area contributed by atoms with E-state index >= 15 is 0 Å². The molecule has 0 N–H and O–H groups in total. The second kappa shape index (κ2) is 6.94. The number of hydrogen-bond donors (Lipinski definition) is 0. The summed E-state index contributed by atoms with van der Waals surface area (Å²) in [6.07, 6.45) is 6.57. The number of carbonyl (C=O) groups is 1. The van der Waals surface area contributed by atoms with E-state index in [0.717, 1.165) is 25.9 Å². The number of aromatic nitrogens is 2. The Hall–Kier alpha value is -2.17. The van der Waals surface area contributed by atoms with Crippen LogP contribution < -0.4 is 5.56 Å². The zero-order valence-electron chi connectivity index (χ0n) is 13.6. The lowest BCUT2D eigenvalue weighted by Gasteiger charge is -2.26. The molecule has 2 heterocycles. The summed E-state index contributed by atoms with van der Waals surface area (Å²) in [5, 5.41) is 0.567. The lowest BCUT2D eigenvalue weighted by molar-refractivity contribution is -0.135. The van der Waals surface area contributed by atoms with E-state index in [9.17, 15) is 9.59 Å². The number of hydrogen-bond acceptors (Lipinski definition) is 3. The van der Waals surface area contributed by atoms with Crippen molar-refractivity contribution in [1.29, 1.82) is 0 Å². The van der Waals surface area contributed by atoms with Gasteiger partial charge in [-0.15, -0.1) is 0 Å². The van der Waals surface area contributed by atoms with E-state index < -0.39 is 6.04 Å². The van der Waals surface area contributed by atoms with Gasteiger partial charge in [0.05, 0.1) is 17.2 Å². The highest BCUT2D eigenvalue weighted by Crippen LogP contribution is 2.18. The molecule has 122 valence electrons. The first-order valence-electron chi connectivity index (χ1n) is 8.47. The highest BCUT2D eigenvalue weighted by Gasteiger charge is 2.26. The molecule has 0 spiro atoms. The smallest absolute Gasteiger partial charge is 0.261 e. The Morgan fingerprint density at radius 2 is 1.87 bits per heavy atom. The minimum absolute atomic E-state index is 0.0496. The molecule has 1 fully saturated rings. The highest BCUT2D eigenvalue weighted by molar-refractivity contribution is 5.81. The molecule has 1 saturated heterocycles. The molecule has 3 rings (SSSR count). The molecule has 0 unspecified atom stereocenters. The van der Waals surface area contributed by atoms with Crippen molar-refractivity contribution in [3.05, 3.63) is 40.9 Å². The minimum Gasteiger partial charge on any atom is -0.341 e. The number of carbonyl (C=O) groups excluding carboxylic acids is 1. The van der Waals surface area contributed by atoms with Gasteiger partial charge in [-0.1, -0.05) is 31.9 Å². The zero-order chi connectivity index (χ0) is 16.2. The highest BCUT2D eigenvalue weighted by atomic mass is 16.2. The summed E-state index contributed by atoms with van der Waals surface area (Å²) in [5.41, 5.74) is 0.538. The van der Waals surface area contributed by atoms with E-state index in [2.05, 4.69) is 4.98 Å². The molecule has 1 aliphatic rings.